The monoisotopic (exact) mass is 238 g/mol. The molecular weight excluding hydrogens is 212 g/mol. The molecule has 1 rings (SSSR count). The first-order valence-electron chi connectivity index (χ1n) is 6.71. The third kappa shape index (κ3) is 6.52. The van der Waals surface area contributed by atoms with Crippen molar-refractivity contribution >= 4 is 0 Å². The lowest BCUT2D eigenvalue weighted by molar-refractivity contribution is -0.174. The Bertz CT molecular complexity index is 264. The molecule has 2 nitrogen and oxygen atoms in total. The Labute approximate surface area is 106 Å². The van der Waals surface area contributed by atoms with Crippen LogP contribution in [0.5, 0.6) is 0 Å². The van der Waals surface area contributed by atoms with Gasteiger partial charge >= 0.3 is 0 Å². The highest BCUT2D eigenvalue weighted by molar-refractivity contribution is 4.92. The van der Waals surface area contributed by atoms with Crippen molar-refractivity contribution in [3.63, 3.8) is 0 Å². The molecule has 0 amide bonds. The van der Waals surface area contributed by atoms with Gasteiger partial charge in [-0.1, -0.05) is 31.1 Å². The van der Waals surface area contributed by atoms with Crippen LogP contribution >= 0.6 is 0 Å². The minimum atomic E-state index is -0.119. The summed E-state index contributed by atoms with van der Waals surface area (Å²) in [5, 5.41) is 0. The van der Waals surface area contributed by atoms with Gasteiger partial charge in [-0.25, -0.2) is 0 Å². The molecule has 1 heterocycles. The Morgan fingerprint density at radius 1 is 1.35 bits per heavy atom. The number of ether oxygens (including phenoxy) is 2. The molecule has 1 saturated heterocycles. The van der Waals surface area contributed by atoms with E-state index in [2.05, 4.69) is 26.5 Å². The zero-order chi connectivity index (χ0) is 12.7. The Morgan fingerprint density at radius 2 is 2.12 bits per heavy atom. The SMILES string of the molecule is C=C1C[C@@H](CCCCCC=C(C)C)O[C@@H](C)O1. The lowest BCUT2D eigenvalue weighted by Crippen LogP contribution is -2.28. The van der Waals surface area contributed by atoms with Gasteiger partial charge in [0.25, 0.3) is 0 Å². The third-order valence-electron chi connectivity index (χ3n) is 2.95. The van der Waals surface area contributed by atoms with Gasteiger partial charge in [0, 0.05) is 6.42 Å². The van der Waals surface area contributed by atoms with Crippen LogP contribution in [0.3, 0.4) is 0 Å². The highest BCUT2D eigenvalue weighted by atomic mass is 16.7. The molecule has 0 unspecified atom stereocenters. The molecule has 17 heavy (non-hydrogen) atoms. The van der Waals surface area contributed by atoms with Gasteiger partial charge in [0.1, 0.15) is 0 Å². The average Bonchev–Trinajstić information content (AvgIpc) is 2.21. The van der Waals surface area contributed by atoms with E-state index in [-0.39, 0.29) is 6.29 Å². The van der Waals surface area contributed by atoms with Gasteiger partial charge in [-0.2, -0.15) is 0 Å². The van der Waals surface area contributed by atoms with Crippen molar-refractivity contribution in [2.24, 2.45) is 0 Å². The predicted octanol–water partition coefficient (Wildman–Crippen LogP) is 4.57. The summed E-state index contributed by atoms with van der Waals surface area (Å²) in [6.45, 7) is 10.1. The van der Waals surface area contributed by atoms with Crippen molar-refractivity contribution in [1.82, 2.24) is 0 Å². The van der Waals surface area contributed by atoms with Crippen LogP contribution in [0.2, 0.25) is 0 Å². The van der Waals surface area contributed by atoms with Crippen molar-refractivity contribution in [3.8, 4) is 0 Å². The molecule has 0 bridgehead atoms. The molecule has 1 aliphatic heterocycles. The molecule has 0 radical (unpaired) electrons. The molecule has 0 N–H and O–H groups in total. The first-order valence-corrected chi connectivity index (χ1v) is 6.71. The van der Waals surface area contributed by atoms with E-state index in [0.29, 0.717) is 6.10 Å². The van der Waals surface area contributed by atoms with Crippen LogP contribution in [0, 0.1) is 0 Å². The summed E-state index contributed by atoms with van der Waals surface area (Å²) in [6, 6.07) is 0. The van der Waals surface area contributed by atoms with Gasteiger partial charge in [0.05, 0.1) is 11.9 Å². The van der Waals surface area contributed by atoms with E-state index in [1.807, 2.05) is 6.92 Å². The topological polar surface area (TPSA) is 18.5 Å². The number of unbranched alkanes of at least 4 members (excludes halogenated alkanes) is 3. The van der Waals surface area contributed by atoms with E-state index in [0.717, 1.165) is 18.6 Å². The van der Waals surface area contributed by atoms with Gasteiger partial charge in [-0.15, -0.1) is 0 Å². The number of hydrogen-bond acceptors (Lipinski definition) is 2. The standard InChI is InChI=1S/C15H26O2/c1-12(2)9-7-5-6-8-10-15-11-13(3)16-14(4)17-15/h9,14-15H,3,5-8,10-11H2,1-2,4H3/t14-,15+/m0/s1. The number of hydrogen-bond donors (Lipinski definition) is 0. The molecule has 1 fully saturated rings. The van der Waals surface area contributed by atoms with E-state index in [4.69, 9.17) is 9.47 Å². The summed E-state index contributed by atoms with van der Waals surface area (Å²) < 4.78 is 11.1. The van der Waals surface area contributed by atoms with E-state index < -0.39 is 0 Å². The maximum atomic E-state index is 5.71. The fraction of sp³-hybridized carbons (Fsp3) is 0.733. The van der Waals surface area contributed by atoms with Crippen LogP contribution < -0.4 is 0 Å². The summed E-state index contributed by atoms with van der Waals surface area (Å²) in [6.07, 6.45) is 9.51. The Morgan fingerprint density at radius 3 is 2.76 bits per heavy atom. The molecule has 0 aromatic heterocycles. The second-order valence-electron chi connectivity index (χ2n) is 5.11. The summed E-state index contributed by atoms with van der Waals surface area (Å²) >= 11 is 0. The quantitative estimate of drug-likeness (QED) is 0.498. The van der Waals surface area contributed by atoms with E-state index >= 15 is 0 Å². The second kappa shape index (κ2) is 7.54. The first kappa shape index (κ1) is 14.3. The highest BCUT2D eigenvalue weighted by Gasteiger charge is 2.21. The van der Waals surface area contributed by atoms with Crippen LogP contribution in [0.15, 0.2) is 24.0 Å². The normalized spacial score (nSPS) is 24.3. The van der Waals surface area contributed by atoms with Crippen molar-refractivity contribution in [3.05, 3.63) is 24.0 Å². The number of rotatable bonds is 6. The number of allylic oxidation sites excluding steroid dienone is 2. The van der Waals surface area contributed by atoms with Crippen LogP contribution in [0.1, 0.15) is 59.3 Å². The zero-order valence-electron chi connectivity index (χ0n) is 11.5. The predicted molar refractivity (Wildman–Crippen MR) is 71.7 cm³/mol. The fourth-order valence-electron chi connectivity index (χ4n) is 2.14. The average molecular weight is 238 g/mol. The maximum Gasteiger partial charge on any atom is 0.196 e. The lowest BCUT2D eigenvalue weighted by Gasteiger charge is -2.30. The Kier molecular flexibility index (Phi) is 6.35. The largest absolute Gasteiger partial charge is 0.470 e. The van der Waals surface area contributed by atoms with Crippen LogP contribution in [-0.2, 0) is 9.47 Å². The summed E-state index contributed by atoms with van der Waals surface area (Å²) in [4.78, 5) is 0. The van der Waals surface area contributed by atoms with Gasteiger partial charge in [0.2, 0.25) is 0 Å². The van der Waals surface area contributed by atoms with Gasteiger partial charge in [-0.3, -0.25) is 0 Å². The van der Waals surface area contributed by atoms with E-state index in [9.17, 15) is 0 Å². The molecular formula is C15H26O2. The summed E-state index contributed by atoms with van der Waals surface area (Å²) in [5.74, 6) is 0.873. The zero-order valence-corrected chi connectivity index (χ0v) is 11.5. The molecule has 2 atom stereocenters. The van der Waals surface area contributed by atoms with Crippen LogP contribution in [-0.4, -0.2) is 12.4 Å². The third-order valence-corrected chi connectivity index (χ3v) is 2.95. The van der Waals surface area contributed by atoms with Crippen molar-refractivity contribution in [2.75, 3.05) is 0 Å². The fourth-order valence-corrected chi connectivity index (χ4v) is 2.14. The molecule has 0 aliphatic carbocycles. The van der Waals surface area contributed by atoms with Gasteiger partial charge in [-0.05, 0) is 40.0 Å². The van der Waals surface area contributed by atoms with Gasteiger partial charge in [0.15, 0.2) is 6.29 Å². The second-order valence-corrected chi connectivity index (χ2v) is 5.11. The van der Waals surface area contributed by atoms with Crippen LogP contribution in [0.25, 0.3) is 0 Å². The Balaban J connectivity index is 2.06. The van der Waals surface area contributed by atoms with Gasteiger partial charge < -0.3 is 9.47 Å². The molecule has 1 aliphatic rings. The van der Waals surface area contributed by atoms with Crippen molar-refractivity contribution in [2.45, 2.75) is 71.7 Å². The van der Waals surface area contributed by atoms with Crippen molar-refractivity contribution in [1.29, 1.82) is 0 Å². The van der Waals surface area contributed by atoms with E-state index in [1.165, 1.54) is 31.3 Å². The molecule has 0 aromatic rings. The highest BCUT2D eigenvalue weighted by Crippen LogP contribution is 2.23. The smallest absolute Gasteiger partial charge is 0.196 e. The molecule has 0 spiro atoms. The molecule has 0 aromatic carbocycles. The Hall–Kier alpha value is -0.760. The molecule has 0 saturated carbocycles. The maximum absolute atomic E-state index is 5.71. The van der Waals surface area contributed by atoms with E-state index in [1.54, 1.807) is 0 Å². The lowest BCUT2D eigenvalue weighted by atomic mass is 10.0. The van der Waals surface area contributed by atoms with Crippen LogP contribution in [0.4, 0.5) is 0 Å². The minimum Gasteiger partial charge on any atom is -0.470 e. The summed E-state index contributed by atoms with van der Waals surface area (Å²) in [5.41, 5.74) is 1.42. The summed E-state index contributed by atoms with van der Waals surface area (Å²) in [7, 11) is 0. The minimum absolute atomic E-state index is 0.119. The molecule has 98 valence electrons. The first-order chi connectivity index (χ1) is 8.08. The van der Waals surface area contributed by atoms with Crippen molar-refractivity contribution < 1.29 is 9.47 Å². The molecule has 2 heteroatoms.